The molecular formula is C16H20BrNO3. The lowest BCUT2D eigenvalue weighted by molar-refractivity contribution is -0.138. The summed E-state index contributed by atoms with van der Waals surface area (Å²) in [5, 5.41) is 10.1. The predicted octanol–water partition coefficient (Wildman–Crippen LogP) is 4.57. The second kappa shape index (κ2) is 8.62. The van der Waals surface area contributed by atoms with E-state index >= 15 is 0 Å². The van der Waals surface area contributed by atoms with Crippen molar-refractivity contribution >= 4 is 33.8 Å². The molecule has 0 aliphatic heterocycles. The first-order chi connectivity index (χ1) is 9.93. The molecule has 4 nitrogen and oxygen atoms in total. The van der Waals surface area contributed by atoms with Crippen molar-refractivity contribution < 1.29 is 14.6 Å². The van der Waals surface area contributed by atoms with Gasteiger partial charge >= 0.3 is 5.97 Å². The van der Waals surface area contributed by atoms with E-state index in [1.807, 2.05) is 38.1 Å². The van der Waals surface area contributed by atoms with Crippen LogP contribution in [0.25, 0.3) is 0 Å². The van der Waals surface area contributed by atoms with Gasteiger partial charge in [-0.05, 0) is 37.1 Å². The molecule has 0 radical (unpaired) electrons. The lowest BCUT2D eigenvalue weighted by Gasteiger charge is -2.08. The Labute approximate surface area is 133 Å². The largest absolute Gasteiger partial charge is 0.511 e. The molecular weight excluding hydrogens is 334 g/mol. The van der Waals surface area contributed by atoms with Gasteiger partial charge in [0.05, 0.1) is 12.3 Å². The normalized spacial score (nSPS) is 12.6. The molecule has 1 aromatic carbocycles. The van der Waals surface area contributed by atoms with E-state index in [9.17, 15) is 9.90 Å². The number of carbonyl (C=O) groups is 1. The van der Waals surface area contributed by atoms with Gasteiger partial charge < -0.3 is 9.84 Å². The van der Waals surface area contributed by atoms with Gasteiger partial charge in [-0.2, -0.15) is 0 Å². The van der Waals surface area contributed by atoms with E-state index in [2.05, 4.69) is 20.9 Å². The van der Waals surface area contributed by atoms with Gasteiger partial charge in [0.25, 0.3) is 0 Å². The average molecular weight is 354 g/mol. The number of esters is 1. The lowest BCUT2D eigenvalue weighted by atomic mass is 10.1. The monoisotopic (exact) mass is 353 g/mol. The van der Waals surface area contributed by atoms with Crippen molar-refractivity contribution in [2.24, 2.45) is 10.9 Å². The number of allylic oxidation sites excluding steroid dienone is 1. The van der Waals surface area contributed by atoms with Gasteiger partial charge in [-0.15, -0.1) is 0 Å². The van der Waals surface area contributed by atoms with E-state index in [1.165, 1.54) is 6.21 Å². The topological polar surface area (TPSA) is 58.9 Å². The van der Waals surface area contributed by atoms with Crippen molar-refractivity contribution in [1.82, 2.24) is 0 Å². The fourth-order valence-corrected chi connectivity index (χ4v) is 1.88. The molecule has 21 heavy (non-hydrogen) atoms. The Hall–Kier alpha value is -1.62. The summed E-state index contributed by atoms with van der Waals surface area (Å²) < 4.78 is 5.91. The fraction of sp³-hybridized carbons (Fsp3) is 0.375. The number of aliphatic hydroxyl groups excluding tert-OH is 1. The molecule has 1 rings (SSSR count). The smallest absolute Gasteiger partial charge is 0.343 e. The maximum atomic E-state index is 11.9. The van der Waals surface area contributed by atoms with Gasteiger partial charge in [0, 0.05) is 17.1 Å². The van der Waals surface area contributed by atoms with Gasteiger partial charge in [-0.25, -0.2) is 4.79 Å². The number of hydrogen-bond acceptors (Lipinski definition) is 4. The highest BCUT2D eigenvalue weighted by Gasteiger charge is 2.15. The Balaban J connectivity index is 3.01. The van der Waals surface area contributed by atoms with E-state index in [0.717, 1.165) is 4.47 Å². The highest BCUT2D eigenvalue weighted by atomic mass is 79.9. The van der Waals surface area contributed by atoms with E-state index in [0.29, 0.717) is 12.1 Å². The summed E-state index contributed by atoms with van der Waals surface area (Å²) in [4.78, 5) is 16.1. The van der Waals surface area contributed by atoms with Gasteiger partial charge in [-0.3, -0.25) is 4.99 Å². The number of aliphatic imine (C=N–C) groups is 1. The maximum Gasteiger partial charge on any atom is 0.343 e. The first-order valence-corrected chi connectivity index (χ1v) is 7.62. The summed E-state index contributed by atoms with van der Waals surface area (Å²) in [6.45, 7) is 5.90. The van der Waals surface area contributed by atoms with Crippen molar-refractivity contribution in [2.75, 3.05) is 6.61 Å². The SMILES string of the molecule is CCOC(=O)C(C=Nc1ccc(Br)cc1)=C(O)CC(C)C. The second-order valence-electron chi connectivity index (χ2n) is 4.91. The molecule has 0 amide bonds. The first-order valence-electron chi connectivity index (χ1n) is 6.82. The van der Waals surface area contributed by atoms with Crippen molar-refractivity contribution in [3.63, 3.8) is 0 Å². The molecule has 0 unspecified atom stereocenters. The van der Waals surface area contributed by atoms with Crippen molar-refractivity contribution in [3.05, 3.63) is 40.1 Å². The number of carbonyl (C=O) groups excluding carboxylic acids is 1. The molecule has 0 aliphatic rings. The Morgan fingerprint density at radius 2 is 2.00 bits per heavy atom. The van der Waals surface area contributed by atoms with Crippen LogP contribution in [0.4, 0.5) is 5.69 Å². The number of halogens is 1. The Kier molecular flexibility index (Phi) is 7.15. The molecule has 1 aromatic rings. The molecule has 114 valence electrons. The number of aliphatic hydroxyl groups is 1. The molecule has 0 fully saturated rings. The molecule has 0 aliphatic carbocycles. The standard InChI is InChI=1S/C16H20BrNO3/c1-4-21-16(20)14(15(19)9-11(2)3)10-18-13-7-5-12(17)6-8-13/h5-8,10-11,19H,4,9H2,1-3H3. The lowest BCUT2D eigenvalue weighted by Crippen LogP contribution is -2.12. The van der Waals surface area contributed by atoms with Gasteiger partial charge in [-0.1, -0.05) is 29.8 Å². The summed E-state index contributed by atoms with van der Waals surface area (Å²) in [7, 11) is 0. The zero-order chi connectivity index (χ0) is 15.8. The predicted molar refractivity (Wildman–Crippen MR) is 88.0 cm³/mol. The number of ether oxygens (including phenoxy) is 1. The van der Waals surface area contributed by atoms with Crippen LogP contribution >= 0.6 is 15.9 Å². The highest BCUT2D eigenvalue weighted by molar-refractivity contribution is 9.10. The van der Waals surface area contributed by atoms with E-state index in [4.69, 9.17) is 4.74 Å². The summed E-state index contributed by atoms with van der Waals surface area (Å²) >= 11 is 3.34. The summed E-state index contributed by atoms with van der Waals surface area (Å²) in [6, 6.07) is 7.33. The summed E-state index contributed by atoms with van der Waals surface area (Å²) in [6.07, 6.45) is 1.76. The number of rotatable bonds is 6. The third-order valence-corrected chi connectivity index (χ3v) is 3.11. The van der Waals surface area contributed by atoms with Crippen LogP contribution in [-0.2, 0) is 9.53 Å². The molecule has 0 atom stereocenters. The summed E-state index contributed by atoms with van der Waals surface area (Å²) in [5.74, 6) is -0.323. The molecule has 0 saturated carbocycles. The van der Waals surface area contributed by atoms with Crippen LogP contribution < -0.4 is 0 Å². The molecule has 0 spiro atoms. The van der Waals surface area contributed by atoms with Crippen molar-refractivity contribution in [3.8, 4) is 0 Å². The van der Waals surface area contributed by atoms with Crippen LogP contribution in [-0.4, -0.2) is 23.9 Å². The molecule has 0 aromatic heterocycles. The second-order valence-corrected chi connectivity index (χ2v) is 5.83. The third kappa shape index (κ3) is 6.12. The quantitative estimate of drug-likeness (QED) is 0.352. The van der Waals surface area contributed by atoms with Gasteiger partial charge in [0.15, 0.2) is 0 Å². The third-order valence-electron chi connectivity index (χ3n) is 2.58. The number of hydrogen-bond donors (Lipinski definition) is 1. The highest BCUT2D eigenvalue weighted by Crippen LogP contribution is 2.18. The van der Waals surface area contributed by atoms with Gasteiger partial charge in [0.1, 0.15) is 11.3 Å². The van der Waals surface area contributed by atoms with E-state index in [1.54, 1.807) is 6.92 Å². The molecule has 0 saturated heterocycles. The van der Waals surface area contributed by atoms with Crippen molar-refractivity contribution in [2.45, 2.75) is 27.2 Å². The average Bonchev–Trinajstić information content (AvgIpc) is 2.40. The van der Waals surface area contributed by atoms with Crippen LogP contribution in [0.1, 0.15) is 27.2 Å². The van der Waals surface area contributed by atoms with Crippen LogP contribution in [0.5, 0.6) is 0 Å². The Morgan fingerprint density at radius 3 is 2.52 bits per heavy atom. The molecule has 5 heteroatoms. The number of benzene rings is 1. The van der Waals surface area contributed by atoms with Gasteiger partial charge in [0.2, 0.25) is 0 Å². The Bertz CT molecular complexity index is 533. The van der Waals surface area contributed by atoms with Crippen LogP contribution in [0.15, 0.2) is 45.1 Å². The minimum Gasteiger partial charge on any atom is -0.511 e. The van der Waals surface area contributed by atoms with Crippen LogP contribution in [0.2, 0.25) is 0 Å². The van der Waals surface area contributed by atoms with E-state index in [-0.39, 0.29) is 23.9 Å². The summed E-state index contributed by atoms with van der Waals surface area (Å²) in [5.41, 5.74) is 0.797. The zero-order valence-corrected chi connectivity index (χ0v) is 14.1. The molecule has 1 N–H and O–H groups in total. The van der Waals surface area contributed by atoms with Crippen molar-refractivity contribution in [1.29, 1.82) is 0 Å². The zero-order valence-electron chi connectivity index (χ0n) is 12.5. The fourth-order valence-electron chi connectivity index (χ4n) is 1.62. The van der Waals surface area contributed by atoms with Crippen LogP contribution in [0, 0.1) is 5.92 Å². The van der Waals surface area contributed by atoms with E-state index < -0.39 is 5.97 Å². The molecule has 0 heterocycles. The number of nitrogens with zero attached hydrogens (tertiary/aromatic N) is 1. The Morgan fingerprint density at radius 1 is 1.38 bits per heavy atom. The first kappa shape index (κ1) is 17.4. The molecule has 0 bridgehead atoms. The van der Waals surface area contributed by atoms with Crippen LogP contribution in [0.3, 0.4) is 0 Å². The maximum absolute atomic E-state index is 11.9. The minimum atomic E-state index is -0.559. The minimum absolute atomic E-state index is 0.00399.